The zero-order valence-corrected chi connectivity index (χ0v) is 22.4. The number of ether oxygens (including phenoxy) is 2. The number of carbonyl (C=O) groups is 2. The third kappa shape index (κ3) is 5.30. The predicted molar refractivity (Wildman–Crippen MR) is 133 cm³/mol. The second kappa shape index (κ2) is 10.4. The van der Waals surface area contributed by atoms with Gasteiger partial charge in [0, 0.05) is 62.2 Å². The summed E-state index contributed by atoms with van der Waals surface area (Å²) in [5.74, 6) is 0.408. The highest BCUT2D eigenvalue weighted by Crippen LogP contribution is 2.47. The van der Waals surface area contributed by atoms with Crippen LogP contribution in [0.25, 0.3) is 0 Å². The minimum atomic E-state index is -4.46. The summed E-state index contributed by atoms with van der Waals surface area (Å²) in [4.78, 5) is 31.3. The van der Waals surface area contributed by atoms with Crippen molar-refractivity contribution in [3.05, 3.63) is 29.1 Å². The topological polar surface area (TPSA) is 80.8 Å². The van der Waals surface area contributed by atoms with E-state index in [1.165, 1.54) is 6.92 Å². The summed E-state index contributed by atoms with van der Waals surface area (Å²) in [6, 6.07) is 1.58. The van der Waals surface area contributed by atoms with Crippen LogP contribution in [-0.4, -0.2) is 59.7 Å². The SMILES string of the molecule is CC(=O)OC1CC2COCC(C1)C2NC1CCC(C(=O)N2CCc3ncc(C(F)(F)F)cc3C2)(C(C)C)C1. The Kier molecular flexibility index (Phi) is 7.50. The van der Waals surface area contributed by atoms with E-state index in [1.807, 2.05) is 0 Å². The number of alkyl halides is 3. The van der Waals surface area contributed by atoms with Gasteiger partial charge in [-0.25, -0.2) is 0 Å². The zero-order chi connectivity index (χ0) is 27.2. The standard InChI is InChI=1S/C28H38F3N3O4/c1-16(2)27(26(36)34-7-5-24-18(13-34)8-21(12-32-24)28(29,30)31)6-4-22(11-27)33-25-19-9-23(38-17(3)35)10-20(25)15-37-14-19/h8,12,16,19-20,22-23,25,33H,4-7,9-11,13-15H2,1-3H3. The number of esters is 1. The number of rotatable bonds is 5. The molecule has 2 aliphatic heterocycles. The number of pyridine rings is 1. The van der Waals surface area contributed by atoms with Crippen molar-refractivity contribution in [3.8, 4) is 0 Å². The van der Waals surface area contributed by atoms with Gasteiger partial charge < -0.3 is 19.7 Å². The van der Waals surface area contributed by atoms with E-state index < -0.39 is 17.2 Å². The third-order valence-corrected chi connectivity index (χ3v) is 9.31. The normalized spacial score (nSPS) is 33.2. The van der Waals surface area contributed by atoms with Gasteiger partial charge in [-0.05, 0) is 49.7 Å². The Bertz CT molecular complexity index is 1050. The van der Waals surface area contributed by atoms with Crippen LogP contribution in [0.1, 0.15) is 69.7 Å². The van der Waals surface area contributed by atoms with Crippen molar-refractivity contribution in [2.75, 3.05) is 19.8 Å². The first kappa shape index (κ1) is 27.4. The maximum absolute atomic E-state index is 14.0. The fourth-order valence-electron chi connectivity index (χ4n) is 7.29. The van der Waals surface area contributed by atoms with E-state index in [2.05, 4.69) is 24.1 Å². The molecule has 2 aliphatic carbocycles. The number of halogens is 3. The number of hydrogen-bond donors (Lipinski definition) is 1. The number of nitrogens with zero attached hydrogens (tertiary/aromatic N) is 2. The summed E-state index contributed by atoms with van der Waals surface area (Å²) in [5, 5.41) is 3.87. The first-order chi connectivity index (χ1) is 18.0. The van der Waals surface area contributed by atoms with Crippen LogP contribution in [0.3, 0.4) is 0 Å². The lowest BCUT2D eigenvalue weighted by Gasteiger charge is -2.46. The van der Waals surface area contributed by atoms with Crippen molar-refractivity contribution in [2.24, 2.45) is 23.2 Å². The molecular formula is C28H38F3N3O4. The molecule has 10 heteroatoms. The number of fused-ring (bicyclic) bond motifs is 3. The predicted octanol–water partition coefficient (Wildman–Crippen LogP) is 4.13. The van der Waals surface area contributed by atoms with Crippen LogP contribution in [0.5, 0.6) is 0 Å². The highest BCUT2D eigenvalue weighted by molar-refractivity contribution is 5.83. The Balaban J connectivity index is 1.27. The van der Waals surface area contributed by atoms with Crippen molar-refractivity contribution < 1.29 is 32.2 Å². The molecule has 1 N–H and O–H groups in total. The quantitative estimate of drug-likeness (QED) is 0.569. The van der Waals surface area contributed by atoms with Crippen LogP contribution < -0.4 is 5.32 Å². The Morgan fingerprint density at radius 1 is 1.24 bits per heavy atom. The molecule has 1 amide bonds. The molecule has 1 aromatic heterocycles. The Hall–Kier alpha value is -2.20. The van der Waals surface area contributed by atoms with Crippen LogP contribution in [0.2, 0.25) is 0 Å². The lowest BCUT2D eigenvalue weighted by atomic mass is 9.73. The Morgan fingerprint density at radius 3 is 2.58 bits per heavy atom. The van der Waals surface area contributed by atoms with E-state index in [9.17, 15) is 22.8 Å². The Morgan fingerprint density at radius 2 is 1.95 bits per heavy atom. The van der Waals surface area contributed by atoms with Crippen LogP contribution in [0, 0.1) is 23.2 Å². The van der Waals surface area contributed by atoms with Crippen LogP contribution in [-0.2, 0) is 38.2 Å². The monoisotopic (exact) mass is 537 g/mol. The van der Waals surface area contributed by atoms with Gasteiger partial charge in [0.15, 0.2) is 0 Å². The van der Waals surface area contributed by atoms with E-state index in [1.54, 1.807) is 4.90 Å². The van der Waals surface area contributed by atoms with Gasteiger partial charge >= 0.3 is 12.1 Å². The van der Waals surface area contributed by atoms with Crippen molar-refractivity contribution in [2.45, 2.75) is 90.2 Å². The average molecular weight is 538 g/mol. The van der Waals surface area contributed by atoms with Crippen molar-refractivity contribution >= 4 is 11.9 Å². The fourth-order valence-corrected chi connectivity index (χ4v) is 7.29. The molecule has 0 radical (unpaired) electrons. The van der Waals surface area contributed by atoms with Gasteiger partial charge in [0.05, 0.1) is 24.2 Å². The molecule has 0 spiro atoms. The van der Waals surface area contributed by atoms with E-state index in [0.717, 1.165) is 37.9 Å². The molecule has 3 heterocycles. The molecule has 1 aromatic rings. The minimum Gasteiger partial charge on any atom is -0.463 e. The lowest BCUT2D eigenvalue weighted by Crippen LogP contribution is -2.57. The first-order valence-electron chi connectivity index (χ1n) is 13.8. The molecule has 5 rings (SSSR count). The van der Waals surface area contributed by atoms with E-state index in [-0.39, 0.29) is 54.4 Å². The molecule has 0 aromatic carbocycles. The summed E-state index contributed by atoms with van der Waals surface area (Å²) in [6.45, 7) is 7.51. The largest absolute Gasteiger partial charge is 0.463 e. The summed E-state index contributed by atoms with van der Waals surface area (Å²) >= 11 is 0. The minimum absolute atomic E-state index is 0.0435. The molecule has 210 valence electrons. The second-order valence-electron chi connectivity index (χ2n) is 12.0. The number of aromatic nitrogens is 1. The van der Waals surface area contributed by atoms with Gasteiger partial charge in [-0.3, -0.25) is 14.6 Å². The maximum atomic E-state index is 14.0. The van der Waals surface area contributed by atoms with E-state index in [4.69, 9.17) is 9.47 Å². The van der Waals surface area contributed by atoms with Gasteiger partial charge in [-0.15, -0.1) is 0 Å². The Labute approximate surface area is 221 Å². The highest BCUT2D eigenvalue weighted by atomic mass is 19.4. The van der Waals surface area contributed by atoms with Crippen molar-refractivity contribution in [1.29, 1.82) is 0 Å². The molecule has 7 nitrogen and oxygen atoms in total. The maximum Gasteiger partial charge on any atom is 0.417 e. The summed E-state index contributed by atoms with van der Waals surface area (Å²) < 4.78 is 51.1. The zero-order valence-electron chi connectivity index (χ0n) is 22.4. The van der Waals surface area contributed by atoms with Crippen LogP contribution >= 0.6 is 0 Å². The van der Waals surface area contributed by atoms with Crippen LogP contribution in [0.4, 0.5) is 13.2 Å². The highest BCUT2D eigenvalue weighted by Gasteiger charge is 2.51. The van der Waals surface area contributed by atoms with Crippen LogP contribution in [0.15, 0.2) is 12.3 Å². The molecule has 1 saturated heterocycles. The summed E-state index contributed by atoms with van der Waals surface area (Å²) in [7, 11) is 0. The average Bonchev–Trinajstić information content (AvgIpc) is 3.27. The van der Waals surface area contributed by atoms with Gasteiger partial charge in [0.1, 0.15) is 6.10 Å². The first-order valence-corrected chi connectivity index (χ1v) is 13.8. The van der Waals surface area contributed by atoms with Gasteiger partial charge in [-0.1, -0.05) is 13.8 Å². The molecule has 2 saturated carbocycles. The number of hydrogen-bond acceptors (Lipinski definition) is 6. The molecule has 4 aliphatic rings. The molecule has 38 heavy (non-hydrogen) atoms. The summed E-state index contributed by atoms with van der Waals surface area (Å²) in [6.07, 6.45) is 0.697. The molecule has 4 atom stereocenters. The van der Waals surface area contributed by atoms with Crippen molar-refractivity contribution in [1.82, 2.24) is 15.2 Å². The number of amides is 1. The van der Waals surface area contributed by atoms with E-state index in [0.29, 0.717) is 43.9 Å². The fraction of sp³-hybridized carbons (Fsp3) is 0.750. The van der Waals surface area contributed by atoms with Crippen molar-refractivity contribution in [3.63, 3.8) is 0 Å². The van der Waals surface area contributed by atoms with E-state index >= 15 is 0 Å². The lowest BCUT2D eigenvalue weighted by molar-refractivity contribution is -0.155. The smallest absolute Gasteiger partial charge is 0.417 e. The van der Waals surface area contributed by atoms with Gasteiger partial charge in [0.2, 0.25) is 5.91 Å². The molecule has 4 unspecified atom stereocenters. The number of nitrogens with one attached hydrogen (secondary N) is 1. The van der Waals surface area contributed by atoms with Gasteiger partial charge in [-0.2, -0.15) is 13.2 Å². The molecular weight excluding hydrogens is 499 g/mol. The second-order valence-corrected chi connectivity index (χ2v) is 12.0. The molecule has 3 fully saturated rings. The molecule has 2 bridgehead atoms. The number of carbonyl (C=O) groups excluding carboxylic acids is 2. The summed E-state index contributed by atoms with van der Waals surface area (Å²) in [5.41, 5.74) is -0.189. The van der Waals surface area contributed by atoms with Gasteiger partial charge in [0.25, 0.3) is 0 Å². The third-order valence-electron chi connectivity index (χ3n) is 9.31.